The molecule has 1 aliphatic carbocycles. The minimum Gasteiger partial charge on any atom is -0.352 e. The van der Waals surface area contributed by atoms with Gasteiger partial charge in [0.05, 0.1) is 4.90 Å². The maximum absolute atomic E-state index is 13.1. The van der Waals surface area contributed by atoms with Crippen molar-refractivity contribution in [1.29, 1.82) is 0 Å². The van der Waals surface area contributed by atoms with Crippen LogP contribution in [-0.2, 0) is 26.0 Å². The van der Waals surface area contributed by atoms with E-state index in [9.17, 15) is 18.0 Å². The first-order valence-corrected chi connectivity index (χ1v) is 13.1. The Kier molecular flexibility index (Phi) is 6.67. The Morgan fingerprint density at radius 3 is 2.39 bits per heavy atom. The van der Waals surface area contributed by atoms with Crippen LogP contribution in [0.2, 0.25) is 0 Å². The first kappa shape index (κ1) is 22.3. The number of carbonyl (C=O) groups is 2. The van der Waals surface area contributed by atoms with Crippen LogP contribution < -0.4 is 10.2 Å². The van der Waals surface area contributed by atoms with Crippen molar-refractivity contribution in [2.75, 3.05) is 18.0 Å². The van der Waals surface area contributed by atoms with Crippen LogP contribution >= 0.6 is 0 Å². The predicted molar refractivity (Wildman–Crippen MR) is 119 cm³/mol. The van der Waals surface area contributed by atoms with Crippen molar-refractivity contribution < 1.29 is 18.0 Å². The van der Waals surface area contributed by atoms with Gasteiger partial charge in [-0.25, -0.2) is 8.42 Å². The van der Waals surface area contributed by atoms with Gasteiger partial charge in [0.25, 0.3) is 0 Å². The predicted octanol–water partition coefficient (Wildman–Crippen LogP) is 2.98. The van der Waals surface area contributed by atoms with Crippen LogP contribution in [0.15, 0.2) is 23.1 Å². The normalized spacial score (nSPS) is 22.9. The molecule has 1 atom stereocenters. The third-order valence-electron chi connectivity index (χ3n) is 6.81. The number of rotatable bonds is 5. The van der Waals surface area contributed by atoms with E-state index in [-0.39, 0.29) is 22.8 Å². The smallest absolute Gasteiger partial charge is 0.243 e. The van der Waals surface area contributed by atoms with Gasteiger partial charge in [0.1, 0.15) is 6.04 Å². The number of hydrogen-bond acceptors (Lipinski definition) is 4. The lowest BCUT2D eigenvalue weighted by atomic mass is 9.95. The van der Waals surface area contributed by atoms with E-state index < -0.39 is 16.1 Å². The van der Waals surface area contributed by atoms with E-state index in [1.165, 1.54) is 6.42 Å². The SMILES string of the molecule is CCC(=O)N1c2ccc(S(=O)(=O)N3CCCCC3)cc2CC1C(=O)NC1CCCCC1. The fourth-order valence-electron chi connectivity index (χ4n) is 5.08. The average Bonchev–Trinajstić information content (AvgIpc) is 3.19. The van der Waals surface area contributed by atoms with Gasteiger partial charge in [-0.2, -0.15) is 4.31 Å². The number of fused-ring (bicyclic) bond motifs is 1. The fraction of sp³-hybridized carbons (Fsp3) is 0.652. The van der Waals surface area contributed by atoms with Gasteiger partial charge in [0.15, 0.2) is 0 Å². The zero-order valence-electron chi connectivity index (χ0n) is 18.3. The van der Waals surface area contributed by atoms with Gasteiger partial charge in [-0.3, -0.25) is 14.5 Å². The summed E-state index contributed by atoms with van der Waals surface area (Å²) < 4.78 is 27.8. The molecule has 0 spiro atoms. The minimum absolute atomic E-state index is 0.116. The molecule has 1 N–H and O–H groups in total. The molecule has 1 saturated carbocycles. The van der Waals surface area contributed by atoms with Crippen molar-refractivity contribution in [2.24, 2.45) is 0 Å². The van der Waals surface area contributed by atoms with E-state index in [0.29, 0.717) is 31.6 Å². The summed E-state index contributed by atoms with van der Waals surface area (Å²) >= 11 is 0. The molecule has 0 radical (unpaired) electrons. The summed E-state index contributed by atoms with van der Waals surface area (Å²) in [5, 5.41) is 3.14. The van der Waals surface area contributed by atoms with E-state index in [2.05, 4.69) is 5.32 Å². The molecular weight excluding hydrogens is 414 g/mol. The van der Waals surface area contributed by atoms with Crippen molar-refractivity contribution in [1.82, 2.24) is 9.62 Å². The number of anilines is 1. The van der Waals surface area contributed by atoms with E-state index in [0.717, 1.165) is 50.5 Å². The molecule has 1 saturated heterocycles. The Balaban J connectivity index is 1.59. The Morgan fingerprint density at radius 2 is 1.71 bits per heavy atom. The van der Waals surface area contributed by atoms with Crippen molar-refractivity contribution in [3.05, 3.63) is 23.8 Å². The molecular formula is C23H33N3O4S. The molecule has 2 heterocycles. The Hall–Kier alpha value is -1.93. The molecule has 0 bridgehead atoms. The maximum atomic E-state index is 13.1. The minimum atomic E-state index is -3.56. The summed E-state index contributed by atoms with van der Waals surface area (Å²) in [6, 6.07) is 4.51. The van der Waals surface area contributed by atoms with Gasteiger partial charge in [0.2, 0.25) is 21.8 Å². The number of benzene rings is 1. The van der Waals surface area contributed by atoms with Gasteiger partial charge in [-0.05, 0) is 49.4 Å². The Labute approximate surface area is 185 Å². The number of piperidine rings is 1. The lowest BCUT2D eigenvalue weighted by Gasteiger charge is -2.28. The number of nitrogens with zero attached hydrogens (tertiary/aromatic N) is 2. The van der Waals surface area contributed by atoms with Crippen LogP contribution in [0.1, 0.15) is 70.3 Å². The van der Waals surface area contributed by atoms with Crippen LogP contribution in [0.5, 0.6) is 0 Å². The summed E-state index contributed by atoms with van der Waals surface area (Å²) in [5.74, 6) is -0.250. The number of amides is 2. The van der Waals surface area contributed by atoms with Crippen molar-refractivity contribution in [3.8, 4) is 0 Å². The zero-order valence-corrected chi connectivity index (χ0v) is 19.1. The highest BCUT2D eigenvalue weighted by atomic mass is 32.2. The van der Waals surface area contributed by atoms with Gasteiger partial charge in [-0.1, -0.05) is 32.6 Å². The molecule has 1 unspecified atom stereocenters. The summed E-state index contributed by atoms with van der Waals surface area (Å²) in [7, 11) is -3.56. The number of sulfonamides is 1. The summed E-state index contributed by atoms with van der Waals surface area (Å²) in [6.45, 7) is 2.88. The molecule has 4 rings (SSSR count). The molecule has 0 aromatic heterocycles. The Bertz CT molecular complexity index is 934. The number of carbonyl (C=O) groups excluding carboxylic acids is 2. The van der Waals surface area contributed by atoms with Gasteiger partial charge in [0, 0.05) is 37.7 Å². The quantitative estimate of drug-likeness (QED) is 0.752. The topological polar surface area (TPSA) is 86.8 Å². The third kappa shape index (κ3) is 4.51. The molecule has 2 aliphatic heterocycles. The second kappa shape index (κ2) is 9.28. The molecule has 7 nitrogen and oxygen atoms in total. The lowest BCUT2D eigenvalue weighted by Crippen LogP contribution is -2.50. The second-order valence-corrected chi connectivity index (χ2v) is 10.9. The summed E-state index contributed by atoms with van der Waals surface area (Å²) in [6.07, 6.45) is 8.85. The monoisotopic (exact) mass is 447 g/mol. The van der Waals surface area contributed by atoms with Crippen LogP contribution in [-0.4, -0.2) is 49.7 Å². The first-order valence-electron chi connectivity index (χ1n) is 11.7. The maximum Gasteiger partial charge on any atom is 0.243 e. The van der Waals surface area contributed by atoms with Crippen LogP contribution in [0.4, 0.5) is 5.69 Å². The molecule has 1 aromatic carbocycles. The van der Waals surface area contributed by atoms with Gasteiger partial charge < -0.3 is 5.32 Å². The molecule has 3 aliphatic rings. The standard InChI is InChI=1S/C23H33N3O4S/c1-2-22(27)26-20-12-11-19(31(29,30)25-13-7-4-8-14-25)15-17(20)16-21(26)23(28)24-18-9-5-3-6-10-18/h11-12,15,18,21H,2-10,13-14,16H2,1H3,(H,24,28). The van der Waals surface area contributed by atoms with Gasteiger partial charge >= 0.3 is 0 Å². The average molecular weight is 448 g/mol. The Morgan fingerprint density at radius 1 is 1.03 bits per heavy atom. The van der Waals surface area contributed by atoms with Crippen molar-refractivity contribution >= 4 is 27.5 Å². The highest BCUT2D eigenvalue weighted by molar-refractivity contribution is 7.89. The third-order valence-corrected chi connectivity index (χ3v) is 8.71. The molecule has 31 heavy (non-hydrogen) atoms. The van der Waals surface area contributed by atoms with Crippen LogP contribution in [0.3, 0.4) is 0 Å². The van der Waals surface area contributed by atoms with Crippen molar-refractivity contribution in [2.45, 2.75) is 88.1 Å². The van der Waals surface area contributed by atoms with Crippen LogP contribution in [0, 0.1) is 0 Å². The zero-order chi connectivity index (χ0) is 22.0. The largest absolute Gasteiger partial charge is 0.352 e. The van der Waals surface area contributed by atoms with E-state index >= 15 is 0 Å². The van der Waals surface area contributed by atoms with E-state index in [4.69, 9.17) is 0 Å². The summed E-state index contributed by atoms with van der Waals surface area (Å²) in [4.78, 5) is 27.7. The molecule has 2 fully saturated rings. The van der Waals surface area contributed by atoms with Crippen LogP contribution in [0.25, 0.3) is 0 Å². The van der Waals surface area contributed by atoms with E-state index in [1.54, 1.807) is 34.3 Å². The molecule has 2 amide bonds. The van der Waals surface area contributed by atoms with E-state index in [1.807, 2.05) is 0 Å². The molecule has 8 heteroatoms. The highest BCUT2D eigenvalue weighted by Crippen LogP contribution is 2.36. The second-order valence-electron chi connectivity index (χ2n) is 8.94. The highest BCUT2D eigenvalue weighted by Gasteiger charge is 2.39. The van der Waals surface area contributed by atoms with Gasteiger partial charge in [-0.15, -0.1) is 0 Å². The first-order chi connectivity index (χ1) is 14.9. The number of hydrogen-bond donors (Lipinski definition) is 1. The molecule has 1 aromatic rings. The lowest BCUT2D eigenvalue weighted by molar-refractivity contribution is -0.126. The fourth-order valence-corrected chi connectivity index (χ4v) is 6.64. The number of nitrogens with one attached hydrogen (secondary N) is 1. The van der Waals surface area contributed by atoms with Crippen molar-refractivity contribution in [3.63, 3.8) is 0 Å². The summed E-state index contributed by atoms with van der Waals surface area (Å²) in [5.41, 5.74) is 1.41. The molecule has 170 valence electrons.